The average molecular weight is 252 g/mol. The number of rotatable bonds is 3. The van der Waals surface area contributed by atoms with E-state index in [4.69, 9.17) is 0 Å². The first-order valence-corrected chi connectivity index (χ1v) is 6.08. The lowest BCUT2D eigenvalue weighted by atomic mass is 10.1. The highest BCUT2D eigenvalue weighted by Crippen LogP contribution is 2.38. The second-order valence-corrected chi connectivity index (χ2v) is 4.48. The SMILES string of the molecule is O=NC1C(=O)N(Cc2ccccc2)c2ccccc21. The van der Waals surface area contributed by atoms with Crippen LogP contribution in [0.15, 0.2) is 59.8 Å². The first kappa shape index (κ1) is 11.6. The van der Waals surface area contributed by atoms with Crippen molar-refractivity contribution in [1.29, 1.82) is 0 Å². The summed E-state index contributed by atoms with van der Waals surface area (Å²) < 4.78 is 0. The molecule has 19 heavy (non-hydrogen) atoms. The Kier molecular flexibility index (Phi) is 2.83. The topological polar surface area (TPSA) is 49.7 Å². The molecule has 0 aromatic heterocycles. The molecule has 1 aliphatic rings. The van der Waals surface area contributed by atoms with Crippen LogP contribution in [0.25, 0.3) is 0 Å². The molecule has 1 atom stereocenters. The molecule has 1 aliphatic heterocycles. The largest absolute Gasteiger partial charge is 0.305 e. The number of para-hydroxylation sites is 1. The maximum Gasteiger partial charge on any atom is 0.260 e. The fourth-order valence-electron chi connectivity index (χ4n) is 2.39. The van der Waals surface area contributed by atoms with Crippen molar-refractivity contribution in [2.75, 3.05) is 4.90 Å². The smallest absolute Gasteiger partial charge is 0.260 e. The van der Waals surface area contributed by atoms with E-state index in [0.717, 1.165) is 11.3 Å². The highest BCUT2D eigenvalue weighted by molar-refractivity contribution is 6.04. The van der Waals surface area contributed by atoms with E-state index in [9.17, 15) is 9.70 Å². The number of hydrogen-bond donors (Lipinski definition) is 0. The first-order chi connectivity index (χ1) is 9.31. The van der Waals surface area contributed by atoms with Crippen LogP contribution in [0.2, 0.25) is 0 Å². The third kappa shape index (κ3) is 1.91. The number of benzene rings is 2. The molecule has 1 unspecified atom stereocenters. The summed E-state index contributed by atoms with van der Waals surface area (Å²) in [5.74, 6) is -0.250. The zero-order valence-corrected chi connectivity index (χ0v) is 10.2. The van der Waals surface area contributed by atoms with Gasteiger partial charge in [-0.3, -0.25) is 4.79 Å². The summed E-state index contributed by atoms with van der Waals surface area (Å²) in [6.07, 6.45) is 0. The molecule has 3 rings (SSSR count). The van der Waals surface area contributed by atoms with E-state index in [2.05, 4.69) is 5.18 Å². The van der Waals surface area contributed by atoms with Gasteiger partial charge in [0.1, 0.15) is 0 Å². The molecule has 0 saturated heterocycles. The van der Waals surface area contributed by atoms with Crippen LogP contribution in [0.5, 0.6) is 0 Å². The molecule has 1 heterocycles. The Hall–Kier alpha value is -2.49. The number of hydrogen-bond acceptors (Lipinski definition) is 3. The molecule has 0 saturated carbocycles. The Morgan fingerprint density at radius 2 is 1.68 bits per heavy atom. The second kappa shape index (κ2) is 4.65. The van der Waals surface area contributed by atoms with E-state index < -0.39 is 6.04 Å². The van der Waals surface area contributed by atoms with Gasteiger partial charge in [-0.2, -0.15) is 0 Å². The van der Waals surface area contributed by atoms with Gasteiger partial charge in [0.15, 0.2) is 6.04 Å². The predicted molar refractivity (Wildman–Crippen MR) is 72.6 cm³/mol. The van der Waals surface area contributed by atoms with Gasteiger partial charge in [-0.15, -0.1) is 4.91 Å². The third-order valence-electron chi connectivity index (χ3n) is 3.31. The molecule has 0 radical (unpaired) electrons. The molecule has 2 aromatic rings. The lowest BCUT2D eigenvalue weighted by molar-refractivity contribution is -0.119. The van der Waals surface area contributed by atoms with E-state index in [-0.39, 0.29) is 5.91 Å². The standard InChI is InChI=1S/C15H12N2O2/c18-15-14(16-19)12-8-4-5-9-13(12)17(15)10-11-6-2-1-3-7-11/h1-9,14H,10H2. The Morgan fingerprint density at radius 1 is 1.00 bits per heavy atom. The summed E-state index contributed by atoms with van der Waals surface area (Å²) in [5.41, 5.74) is 2.50. The van der Waals surface area contributed by atoms with Crippen molar-refractivity contribution >= 4 is 11.6 Å². The summed E-state index contributed by atoms with van der Waals surface area (Å²) in [5, 5.41) is 2.96. The highest BCUT2D eigenvalue weighted by atomic mass is 16.3. The van der Waals surface area contributed by atoms with Gasteiger partial charge in [0.25, 0.3) is 5.91 Å². The van der Waals surface area contributed by atoms with Crippen molar-refractivity contribution in [3.63, 3.8) is 0 Å². The molecular formula is C15H12N2O2. The Morgan fingerprint density at radius 3 is 2.42 bits per heavy atom. The lowest BCUT2D eigenvalue weighted by Crippen LogP contribution is -2.27. The van der Waals surface area contributed by atoms with E-state index in [1.807, 2.05) is 48.5 Å². The molecule has 0 fully saturated rings. The van der Waals surface area contributed by atoms with Crippen LogP contribution < -0.4 is 4.90 Å². The van der Waals surface area contributed by atoms with E-state index in [1.54, 1.807) is 11.0 Å². The maximum atomic E-state index is 12.2. The predicted octanol–water partition coefficient (Wildman–Crippen LogP) is 3.04. The van der Waals surface area contributed by atoms with Crippen molar-refractivity contribution in [1.82, 2.24) is 0 Å². The third-order valence-corrected chi connectivity index (χ3v) is 3.31. The highest BCUT2D eigenvalue weighted by Gasteiger charge is 2.37. The average Bonchev–Trinajstić information content (AvgIpc) is 2.73. The molecule has 4 nitrogen and oxygen atoms in total. The van der Waals surface area contributed by atoms with Crippen molar-refractivity contribution in [3.05, 3.63) is 70.6 Å². The van der Waals surface area contributed by atoms with Crippen molar-refractivity contribution in [2.24, 2.45) is 5.18 Å². The molecule has 0 aliphatic carbocycles. The number of nitrogens with zero attached hydrogens (tertiary/aromatic N) is 2. The monoisotopic (exact) mass is 252 g/mol. The van der Waals surface area contributed by atoms with Crippen molar-refractivity contribution in [2.45, 2.75) is 12.6 Å². The summed E-state index contributed by atoms with van der Waals surface area (Å²) >= 11 is 0. The van der Waals surface area contributed by atoms with Gasteiger partial charge < -0.3 is 4.90 Å². The molecule has 4 heteroatoms. The minimum absolute atomic E-state index is 0.250. The van der Waals surface area contributed by atoms with Crippen LogP contribution in [0, 0.1) is 4.91 Å². The molecule has 2 aromatic carbocycles. The summed E-state index contributed by atoms with van der Waals surface area (Å²) in [7, 11) is 0. The molecule has 0 spiro atoms. The van der Waals surface area contributed by atoms with Crippen LogP contribution >= 0.6 is 0 Å². The van der Waals surface area contributed by atoms with Gasteiger partial charge in [0, 0.05) is 5.56 Å². The van der Waals surface area contributed by atoms with Crippen molar-refractivity contribution < 1.29 is 4.79 Å². The zero-order valence-electron chi connectivity index (χ0n) is 10.2. The van der Waals surface area contributed by atoms with Crippen LogP contribution in [0.1, 0.15) is 17.2 Å². The van der Waals surface area contributed by atoms with E-state index in [1.165, 1.54) is 0 Å². The number of carbonyl (C=O) groups excluding carboxylic acids is 1. The summed E-state index contributed by atoms with van der Waals surface area (Å²) in [4.78, 5) is 24.7. The minimum Gasteiger partial charge on any atom is -0.305 e. The Balaban J connectivity index is 1.98. The summed E-state index contributed by atoms with van der Waals surface area (Å²) in [6, 6.07) is 16.1. The maximum absolute atomic E-state index is 12.2. The molecule has 94 valence electrons. The van der Waals surface area contributed by atoms with Gasteiger partial charge in [-0.1, -0.05) is 53.7 Å². The minimum atomic E-state index is -0.903. The van der Waals surface area contributed by atoms with Gasteiger partial charge >= 0.3 is 0 Å². The fraction of sp³-hybridized carbons (Fsp3) is 0.133. The Bertz CT molecular complexity index is 625. The number of fused-ring (bicyclic) bond motifs is 1. The quantitative estimate of drug-likeness (QED) is 0.788. The van der Waals surface area contributed by atoms with Crippen LogP contribution in [0.4, 0.5) is 5.69 Å². The Labute approximate surface area is 110 Å². The zero-order chi connectivity index (χ0) is 13.2. The normalized spacial score (nSPS) is 17.4. The molecule has 0 N–H and O–H groups in total. The van der Waals surface area contributed by atoms with E-state index in [0.29, 0.717) is 12.1 Å². The fourth-order valence-corrected chi connectivity index (χ4v) is 2.39. The molecule has 1 amide bonds. The number of carbonyl (C=O) groups is 1. The van der Waals surface area contributed by atoms with Crippen LogP contribution in [-0.4, -0.2) is 5.91 Å². The second-order valence-electron chi connectivity index (χ2n) is 4.48. The van der Waals surface area contributed by atoms with E-state index >= 15 is 0 Å². The van der Waals surface area contributed by atoms with Gasteiger partial charge in [-0.25, -0.2) is 0 Å². The number of amides is 1. The van der Waals surface area contributed by atoms with Crippen molar-refractivity contribution in [3.8, 4) is 0 Å². The summed E-state index contributed by atoms with van der Waals surface area (Å²) in [6.45, 7) is 0.461. The van der Waals surface area contributed by atoms with Gasteiger partial charge in [-0.05, 0) is 11.6 Å². The first-order valence-electron chi connectivity index (χ1n) is 6.08. The van der Waals surface area contributed by atoms with Gasteiger partial charge in [0.2, 0.25) is 0 Å². The molecular weight excluding hydrogens is 240 g/mol. The number of nitroso groups, excluding NO2 is 1. The molecule has 0 bridgehead atoms. The van der Waals surface area contributed by atoms with Gasteiger partial charge in [0.05, 0.1) is 12.2 Å². The number of anilines is 1. The van der Waals surface area contributed by atoms with Crippen LogP contribution in [-0.2, 0) is 11.3 Å². The lowest BCUT2D eigenvalue weighted by Gasteiger charge is -2.17. The van der Waals surface area contributed by atoms with Crippen LogP contribution in [0.3, 0.4) is 0 Å².